The predicted molar refractivity (Wildman–Crippen MR) is 106 cm³/mol. The Balaban J connectivity index is 1.49. The zero-order valence-corrected chi connectivity index (χ0v) is 15.3. The summed E-state index contributed by atoms with van der Waals surface area (Å²) in [7, 11) is 1.61. The Morgan fingerprint density at radius 3 is 2.43 bits per heavy atom. The maximum atomic E-state index is 12.9. The molecule has 1 aromatic heterocycles. The minimum Gasteiger partial charge on any atom is -0.497 e. The van der Waals surface area contributed by atoms with Crippen molar-refractivity contribution in [3.8, 4) is 11.5 Å². The molecule has 0 atom stereocenters. The highest BCUT2D eigenvalue weighted by Gasteiger charge is 2.08. The highest BCUT2D eigenvalue weighted by atomic mass is 19.1. The van der Waals surface area contributed by atoms with Gasteiger partial charge in [-0.2, -0.15) is 0 Å². The molecule has 2 aromatic carbocycles. The molecule has 0 aliphatic heterocycles. The molecule has 3 rings (SSSR count). The second-order valence-corrected chi connectivity index (χ2v) is 5.84. The molecule has 0 saturated heterocycles. The molecule has 0 bridgehead atoms. The van der Waals surface area contributed by atoms with E-state index in [-0.39, 0.29) is 17.4 Å². The number of methoxy groups -OCH3 is 1. The topological polar surface area (TPSA) is 72.5 Å². The van der Waals surface area contributed by atoms with Gasteiger partial charge in [0.1, 0.15) is 29.6 Å². The maximum absolute atomic E-state index is 12.9. The van der Waals surface area contributed by atoms with Gasteiger partial charge < -0.3 is 20.1 Å². The van der Waals surface area contributed by atoms with E-state index in [1.807, 2.05) is 24.3 Å². The van der Waals surface area contributed by atoms with Crippen LogP contribution in [-0.4, -0.2) is 31.2 Å². The lowest BCUT2D eigenvalue weighted by atomic mass is 10.2. The first-order valence-corrected chi connectivity index (χ1v) is 8.68. The van der Waals surface area contributed by atoms with E-state index in [4.69, 9.17) is 9.47 Å². The Morgan fingerprint density at radius 2 is 1.71 bits per heavy atom. The number of rotatable bonds is 8. The van der Waals surface area contributed by atoms with Gasteiger partial charge in [-0.1, -0.05) is 0 Å². The molecular weight excluding hydrogens is 361 g/mol. The molecule has 144 valence electrons. The Labute approximate surface area is 162 Å². The number of benzene rings is 2. The van der Waals surface area contributed by atoms with E-state index in [0.29, 0.717) is 18.8 Å². The number of ether oxygens (including phenoxy) is 2. The second kappa shape index (κ2) is 9.36. The fraction of sp³-hybridized carbons (Fsp3) is 0.143. The largest absolute Gasteiger partial charge is 0.497 e. The lowest BCUT2D eigenvalue weighted by Crippen LogP contribution is -2.15. The molecule has 6 nitrogen and oxygen atoms in total. The number of amides is 1. The lowest BCUT2D eigenvalue weighted by molar-refractivity contribution is 0.102. The number of hydrogen-bond acceptors (Lipinski definition) is 5. The van der Waals surface area contributed by atoms with Gasteiger partial charge in [-0.05, 0) is 60.7 Å². The van der Waals surface area contributed by atoms with E-state index in [1.54, 1.807) is 25.4 Å². The molecule has 28 heavy (non-hydrogen) atoms. The summed E-state index contributed by atoms with van der Waals surface area (Å²) in [6.07, 6.45) is 1.55. The van der Waals surface area contributed by atoms with Gasteiger partial charge in [0.2, 0.25) is 0 Å². The van der Waals surface area contributed by atoms with Crippen molar-refractivity contribution >= 4 is 17.3 Å². The number of aromatic nitrogens is 1. The van der Waals surface area contributed by atoms with Crippen molar-refractivity contribution in [3.63, 3.8) is 0 Å². The number of pyridine rings is 1. The normalized spacial score (nSPS) is 10.2. The fourth-order valence-corrected chi connectivity index (χ4v) is 2.43. The van der Waals surface area contributed by atoms with Gasteiger partial charge in [-0.15, -0.1) is 0 Å². The molecule has 1 heterocycles. The van der Waals surface area contributed by atoms with Crippen molar-refractivity contribution in [2.75, 3.05) is 30.9 Å². The Hall–Kier alpha value is -3.61. The third kappa shape index (κ3) is 5.44. The zero-order valence-electron chi connectivity index (χ0n) is 15.3. The monoisotopic (exact) mass is 381 g/mol. The fourth-order valence-electron chi connectivity index (χ4n) is 2.43. The van der Waals surface area contributed by atoms with Gasteiger partial charge in [0.25, 0.3) is 5.91 Å². The van der Waals surface area contributed by atoms with E-state index in [9.17, 15) is 9.18 Å². The van der Waals surface area contributed by atoms with Crippen LogP contribution in [0.4, 0.5) is 15.8 Å². The van der Waals surface area contributed by atoms with Crippen molar-refractivity contribution in [1.29, 1.82) is 0 Å². The van der Waals surface area contributed by atoms with Gasteiger partial charge in [0, 0.05) is 24.1 Å². The van der Waals surface area contributed by atoms with E-state index in [1.165, 1.54) is 24.3 Å². The van der Waals surface area contributed by atoms with Gasteiger partial charge >= 0.3 is 0 Å². The molecule has 0 spiro atoms. The number of carbonyl (C=O) groups excluding carboxylic acids is 1. The van der Waals surface area contributed by atoms with Crippen LogP contribution in [0.5, 0.6) is 11.5 Å². The number of halogens is 1. The Morgan fingerprint density at radius 1 is 1.00 bits per heavy atom. The van der Waals surface area contributed by atoms with Crippen molar-refractivity contribution in [2.24, 2.45) is 0 Å². The molecule has 0 aliphatic carbocycles. The maximum Gasteiger partial charge on any atom is 0.274 e. The Kier molecular flexibility index (Phi) is 6.41. The summed E-state index contributed by atoms with van der Waals surface area (Å²) in [5, 5.41) is 5.86. The smallest absolute Gasteiger partial charge is 0.274 e. The number of hydrogen-bond donors (Lipinski definition) is 2. The van der Waals surface area contributed by atoms with Crippen LogP contribution in [0.15, 0.2) is 66.9 Å². The quantitative estimate of drug-likeness (QED) is 0.578. The average molecular weight is 381 g/mol. The van der Waals surface area contributed by atoms with Crippen LogP contribution in [0.2, 0.25) is 0 Å². The summed E-state index contributed by atoms with van der Waals surface area (Å²) < 4.78 is 23.7. The van der Waals surface area contributed by atoms with Crippen LogP contribution in [0.3, 0.4) is 0 Å². The van der Waals surface area contributed by atoms with Gasteiger partial charge in [-0.25, -0.2) is 4.39 Å². The van der Waals surface area contributed by atoms with Crippen LogP contribution in [-0.2, 0) is 0 Å². The molecule has 2 N–H and O–H groups in total. The molecule has 0 unspecified atom stereocenters. The number of nitrogens with one attached hydrogen (secondary N) is 2. The number of carbonyl (C=O) groups is 1. The van der Waals surface area contributed by atoms with Gasteiger partial charge in [0.15, 0.2) is 0 Å². The highest BCUT2D eigenvalue weighted by Crippen LogP contribution is 2.17. The lowest BCUT2D eigenvalue weighted by Gasteiger charge is -2.10. The van der Waals surface area contributed by atoms with E-state index >= 15 is 0 Å². The predicted octanol–water partition coefficient (Wildman–Crippen LogP) is 3.97. The zero-order chi connectivity index (χ0) is 19.8. The van der Waals surface area contributed by atoms with Crippen LogP contribution in [0, 0.1) is 5.82 Å². The summed E-state index contributed by atoms with van der Waals surface area (Å²) in [6, 6.07) is 16.3. The number of anilines is 2. The summed E-state index contributed by atoms with van der Waals surface area (Å²) in [6.45, 7) is 1.00. The standard InChI is InChI=1S/C21H20FN3O3/c1-27-18-6-8-19(9-7-18)28-13-12-23-17-10-11-24-20(14-17)21(26)25-16-4-2-15(22)3-5-16/h2-11,14H,12-13H2,1H3,(H,23,24)(H,25,26). The minimum absolute atomic E-state index is 0.255. The average Bonchev–Trinajstić information content (AvgIpc) is 2.73. The number of nitrogens with zero attached hydrogens (tertiary/aromatic N) is 1. The van der Waals surface area contributed by atoms with Crippen molar-refractivity contribution in [1.82, 2.24) is 4.98 Å². The third-order valence-electron chi connectivity index (χ3n) is 3.85. The van der Waals surface area contributed by atoms with Gasteiger partial charge in [-0.3, -0.25) is 9.78 Å². The molecule has 0 fully saturated rings. The van der Waals surface area contributed by atoms with Crippen molar-refractivity contribution in [2.45, 2.75) is 0 Å². The Bertz CT molecular complexity index is 915. The van der Waals surface area contributed by atoms with Crippen LogP contribution in [0.25, 0.3) is 0 Å². The summed E-state index contributed by atoms with van der Waals surface area (Å²) in [4.78, 5) is 16.4. The second-order valence-electron chi connectivity index (χ2n) is 5.84. The van der Waals surface area contributed by atoms with E-state index in [2.05, 4.69) is 15.6 Å². The highest BCUT2D eigenvalue weighted by molar-refractivity contribution is 6.03. The molecule has 1 amide bonds. The van der Waals surface area contributed by atoms with Crippen molar-refractivity contribution in [3.05, 3.63) is 78.4 Å². The van der Waals surface area contributed by atoms with E-state index < -0.39 is 0 Å². The molecule has 3 aromatic rings. The molecule has 7 heteroatoms. The summed E-state index contributed by atoms with van der Waals surface area (Å²) in [5.41, 5.74) is 1.50. The van der Waals surface area contributed by atoms with Crippen LogP contribution < -0.4 is 20.1 Å². The first-order valence-electron chi connectivity index (χ1n) is 8.68. The summed E-state index contributed by atoms with van der Waals surface area (Å²) >= 11 is 0. The molecule has 0 radical (unpaired) electrons. The SMILES string of the molecule is COc1ccc(OCCNc2ccnc(C(=O)Nc3ccc(F)cc3)c2)cc1. The van der Waals surface area contributed by atoms with Crippen LogP contribution >= 0.6 is 0 Å². The minimum atomic E-state index is -0.371. The molecule has 0 aliphatic rings. The third-order valence-corrected chi connectivity index (χ3v) is 3.85. The van der Waals surface area contributed by atoms with Gasteiger partial charge in [0.05, 0.1) is 7.11 Å². The molecular formula is C21H20FN3O3. The van der Waals surface area contributed by atoms with E-state index in [0.717, 1.165) is 17.2 Å². The molecule has 0 saturated carbocycles. The van der Waals surface area contributed by atoms with Crippen molar-refractivity contribution < 1.29 is 18.7 Å². The van der Waals surface area contributed by atoms with Crippen LogP contribution in [0.1, 0.15) is 10.5 Å². The summed E-state index contributed by atoms with van der Waals surface area (Å²) in [5.74, 6) is 0.786. The first-order chi connectivity index (χ1) is 13.6. The first kappa shape index (κ1) is 19.2.